The molecule has 2 bridgehead atoms. The number of benzene rings is 1. The van der Waals surface area contributed by atoms with Crippen LogP contribution in [0.25, 0.3) is 0 Å². The van der Waals surface area contributed by atoms with E-state index in [2.05, 4.69) is 36.3 Å². The second-order valence-electron chi connectivity index (χ2n) is 10.3. The van der Waals surface area contributed by atoms with Crippen molar-refractivity contribution in [3.05, 3.63) is 66.4 Å². The van der Waals surface area contributed by atoms with Gasteiger partial charge in [-0.2, -0.15) is 5.10 Å². The Hall–Kier alpha value is -4.55. The molecule has 1 aliphatic heterocycles. The van der Waals surface area contributed by atoms with Crippen LogP contribution in [0.5, 0.6) is 0 Å². The van der Waals surface area contributed by atoms with Crippen molar-refractivity contribution in [1.29, 1.82) is 0 Å². The van der Waals surface area contributed by atoms with E-state index in [9.17, 15) is 19.2 Å². The molecule has 0 fully saturated rings. The fraction of sp³-hybridized carbons (Fsp3) is 0.464. The minimum atomic E-state index is -0.939. The molecular weight excluding hydrogens is 528 g/mol. The molecule has 0 saturated carbocycles. The third-order valence-corrected chi connectivity index (χ3v) is 6.79. The van der Waals surface area contributed by atoms with Crippen LogP contribution in [0.2, 0.25) is 0 Å². The molecule has 3 heterocycles. The van der Waals surface area contributed by atoms with Gasteiger partial charge in [0.2, 0.25) is 23.6 Å². The van der Waals surface area contributed by atoms with Gasteiger partial charge in [-0.25, -0.2) is 9.97 Å². The summed E-state index contributed by atoms with van der Waals surface area (Å²) in [4.78, 5) is 60.8. The lowest BCUT2D eigenvalue weighted by Crippen LogP contribution is -2.55. The molecule has 13 nitrogen and oxygen atoms in total. The first-order valence-electron chi connectivity index (χ1n) is 13.8. The minimum Gasteiger partial charge on any atom is -0.446 e. The van der Waals surface area contributed by atoms with Gasteiger partial charge >= 0.3 is 0 Å². The molecule has 4 rings (SSSR count). The molecule has 41 heavy (non-hydrogen) atoms. The molecule has 3 aromatic rings. The average molecular weight is 565 g/mol. The number of hydrogen-bond acceptors (Lipinski definition) is 8. The van der Waals surface area contributed by atoms with Gasteiger partial charge in [-0.3, -0.25) is 23.9 Å². The maximum absolute atomic E-state index is 13.6. The van der Waals surface area contributed by atoms with Crippen LogP contribution in [0, 0.1) is 5.92 Å². The Morgan fingerprint density at radius 2 is 1.93 bits per heavy atom. The van der Waals surface area contributed by atoms with Crippen LogP contribution in [0.15, 0.2) is 53.7 Å². The SMILES string of the molecule is CC(C)[C@@H]1NC(=O)[C@H](Cc2ccccc2)NC(=O)[C@@H](NC(=O)CCn2cncn2)CCCCNC(=O)c2coc1n2. The standard InChI is InChI=1S/C28H36N8O5/c1-18(2)24-28-34-22(15-41-28)25(38)30-12-7-6-10-20(32-23(37)11-13-36-17-29-16-31-36)26(39)33-21(27(40)35-24)14-19-8-4-3-5-9-19/h3-5,8-9,15-18,20-21,24H,6-7,10-14H2,1-2H3,(H,30,38)(H,32,37)(H,33,39)(H,35,40)/t20-,21-,24-/m0/s1. The zero-order chi connectivity index (χ0) is 29.2. The fourth-order valence-electron chi connectivity index (χ4n) is 4.50. The Bertz CT molecular complexity index is 1310. The van der Waals surface area contributed by atoms with Crippen LogP contribution >= 0.6 is 0 Å². The zero-order valence-electron chi connectivity index (χ0n) is 23.2. The number of oxazole rings is 1. The quantitative estimate of drug-likeness (QED) is 0.332. The molecule has 0 unspecified atom stereocenters. The van der Waals surface area contributed by atoms with Crippen LogP contribution in [0.3, 0.4) is 0 Å². The Labute approximate surface area is 237 Å². The van der Waals surface area contributed by atoms with Crippen molar-refractivity contribution in [1.82, 2.24) is 41.0 Å². The first-order chi connectivity index (χ1) is 19.8. The minimum absolute atomic E-state index is 0.102. The lowest BCUT2D eigenvalue weighted by Gasteiger charge is -2.26. The average Bonchev–Trinajstić information content (AvgIpc) is 3.66. The summed E-state index contributed by atoms with van der Waals surface area (Å²) in [7, 11) is 0. The van der Waals surface area contributed by atoms with Crippen LogP contribution < -0.4 is 21.3 Å². The van der Waals surface area contributed by atoms with E-state index in [0.717, 1.165) is 5.56 Å². The van der Waals surface area contributed by atoms with Gasteiger partial charge in [0.25, 0.3) is 5.91 Å². The van der Waals surface area contributed by atoms with E-state index in [1.165, 1.54) is 23.6 Å². The van der Waals surface area contributed by atoms with Crippen LogP contribution in [-0.4, -0.2) is 62.0 Å². The van der Waals surface area contributed by atoms with Crippen molar-refractivity contribution in [3.63, 3.8) is 0 Å². The number of nitrogens with zero attached hydrogens (tertiary/aromatic N) is 4. The van der Waals surface area contributed by atoms with Crippen molar-refractivity contribution in [2.45, 2.75) is 70.6 Å². The number of carbonyl (C=O) groups is 4. The molecular formula is C28H36N8O5. The second-order valence-corrected chi connectivity index (χ2v) is 10.3. The van der Waals surface area contributed by atoms with Crippen LogP contribution in [0.1, 0.15) is 67.5 Å². The van der Waals surface area contributed by atoms with E-state index >= 15 is 0 Å². The lowest BCUT2D eigenvalue weighted by atomic mass is 10.0. The van der Waals surface area contributed by atoms with Crippen molar-refractivity contribution < 1.29 is 23.6 Å². The topological polar surface area (TPSA) is 173 Å². The molecule has 4 amide bonds. The molecule has 0 spiro atoms. The summed E-state index contributed by atoms with van der Waals surface area (Å²) in [6.07, 6.45) is 5.93. The normalized spacial score (nSPS) is 20.7. The highest BCUT2D eigenvalue weighted by Gasteiger charge is 2.31. The molecule has 0 saturated heterocycles. The zero-order valence-corrected chi connectivity index (χ0v) is 23.2. The molecule has 1 aliphatic rings. The summed E-state index contributed by atoms with van der Waals surface area (Å²) in [5.74, 6) is -1.55. The van der Waals surface area contributed by atoms with Gasteiger partial charge < -0.3 is 25.7 Å². The highest BCUT2D eigenvalue weighted by molar-refractivity contribution is 5.93. The second kappa shape index (κ2) is 14.2. The Balaban J connectivity index is 1.56. The fourth-order valence-corrected chi connectivity index (χ4v) is 4.50. The number of fused-ring (bicyclic) bond motifs is 2. The summed E-state index contributed by atoms with van der Waals surface area (Å²) in [6, 6.07) is 6.89. The highest BCUT2D eigenvalue weighted by atomic mass is 16.3. The molecule has 3 atom stereocenters. The smallest absolute Gasteiger partial charge is 0.273 e. The largest absolute Gasteiger partial charge is 0.446 e. The van der Waals surface area contributed by atoms with Crippen molar-refractivity contribution in [2.75, 3.05) is 6.54 Å². The molecule has 0 aliphatic carbocycles. The van der Waals surface area contributed by atoms with E-state index in [0.29, 0.717) is 32.4 Å². The van der Waals surface area contributed by atoms with Crippen molar-refractivity contribution in [2.24, 2.45) is 5.92 Å². The summed E-state index contributed by atoms with van der Waals surface area (Å²) >= 11 is 0. The van der Waals surface area contributed by atoms with Crippen molar-refractivity contribution in [3.8, 4) is 0 Å². The van der Waals surface area contributed by atoms with Gasteiger partial charge in [0.15, 0.2) is 5.69 Å². The van der Waals surface area contributed by atoms with Crippen LogP contribution in [0.4, 0.5) is 0 Å². The monoisotopic (exact) mass is 564 g/mol. The third kappa shape index (κ3) is 8.47. The molecule has 218 valence electrons. The number of hydrogen-bond donors (Lipinski definition) is 4. The number of carbonyl (C=O) groups excluding carboxylic acids is 4. The van der Waals surface area contributed by atoms with E-state index in [1.54, 1.807) is 0 Å². The summed E-state index contributed by atoms with van der Waals surface area (Å²) in [5, 5.41) is 15.4. The summed E-state index contributed by atoms with van der Waals surface area (Å²) < 4.78 is 7.12. The van der Waals surface area contributed by atoms with E-state index in [4.69, 9.17) is 4.42 Å². The highest BCUT2D eigenvalue weighted by Crippen LogP contribution is 2.22. The predicted molar refractivity (Wildman–Crippen MR) is 147 cm³/mol. The molecule has 4 N–H and O–H groups in total. The number of nitrogens with one attached hydrogen (secondary N) is 4. The maximum atomic E-state index is 13.6. The number of aryl methyl sites for hydroxylation is 1. The van der Waals surface area contributed by atoms with E-state index in [1.807, 2.05) is 44.2 Å². The summed E-state index contributed by atoms with van der Waals surface area (Å²) in [5.41, 5.74) is 0.977. The van der Waals surface area contributed by atoms with E-state index < -0.39 is 35.8 Å². The van der Waals surface area contributed by atoms with Gasteiger partial charge in [-0.05, 0) is 30.7 Å². The summed E-state index contributed by atoms with van der Waals surface area (Å²) in [6.45, 7) is 4.45. The third-order valence-electron chi connectivity index (χ3n) is 6.79. The maximum Gasteiger partial charge on any atom is 0.273 e. The predicted octanol–water partition coefficient (Wildman–Crippen LogP) is 1.30. The molecule has 0 radical (unpaired) electrons. The number of rotatable bonds is 7. The van der Waals surface area contributed by atoms with Crippen molar-refractivity contribution >= 4 is 23.6 Å². The molecule has 13 heteroatoms. The number of aromatic nitrogens is 4. The Kier molecular flexibility index (Phi) is 10.2. The van der Waals surface area contributed by atoms with E-state index in [-0.39, 0.29) is 36.3 Å². The lowest BCUT2D eigenvalue weighted by molar-refractivity contribution is -0.132. The van der Waals surface area contributed by atoms with Gasteiger partial charge in [0.1, 0.15) is 37.0 Å². The Morgan fingerprint density at radius 3 is 2.66 bits per heavy atom. The van der Waals surface area contributed by atoms with Gasteiger partial charge in [0.05, 0.1) is 6.54 Å². The first-order valence-corrected chi connectivity index (χ1v) is 13.8. The first kappa shape index (κ1) is 29.4. The molecule has 1 aromatic carbocycles. The van der Waals surface area contributed by atoms with Gasteiger partial charge in [-0.1, -0.05) is 44.2 Å². The van der Waals surface area contributed by atoms with Crippen LogP contribution in [-0.2, 0) is 27.3 Å². The number of amides is 4. The van der Waals surface area contributed by atoms with Gasteiger partial charge in [0, 0.05) is 19.4 Å². The Morgan fingerprint density at radius 1 is 1.12 bits per heavy atom. The van der Waals surface area contributed by atoms with Gasteiger partial charge in [-0.15, -0.1) is 0 Å². The molecule has 2 aromatic heterocycles.